The van der Waals surface area contributed by atoms with E-state index in [1.165, 1.54) is 17.4 Å². The molecule has 1 saturated heterocycles. The van der Waals surface area contributed by atoms with Crippen LogP contribution in [0.3, 0.4) is 0 Å². The number of aryl methyl sites for hydroxylation is 3. The van der Waals surface area contributed by atoms with Crippen LogP contribution in [0.1, 0.15) is 70.2 Å². The summed E-state index contributed by atoms with van der Waals surface area (Å²) in [6, 6.07) is 7.99. The maximum atomic E-state index is 16.6. The standard InChI is InChI=1S/C36H36F2N4O4S/c1-19-24(36(44)45)16-27(38)32-31(22-7-5-4-6-8-22)34(42(33(19)32)18-30(43)41-11-13-46-14-12-41)25-15-23-9-10-28(40-29(23)17-26(25)37)35-20(2)39-21(3)47-35/h9-10,15-17,22H,4-8,11-14,18H2,1-3H3,(H,44,45). The highest BCUT2D eigenvalue weighted by atomic mass is 32.1. The number of carbonyl (C=O) groups is 2. The zero-order valence-corrected chi connectivity index (χ0v) is 27.5. The number of nitrogens with zero attached hydrogens (tertiary/aromatic N) is 4. The third-order valence-corrected chi connectivity index (χ3v) is 10.7. The van der Waals surface area contributed by atoms with Crippen molar-refractivity contribution in [3.8, 4) is 21.8 Å². The molecule has 3 aromatic heterocycles. The van der Waals surface area contributed by atoms with E-state index in [9.17, 15) is 14.7 Å². The molecule has 2 aliphatic rings. The summed E-state index contributed by atoms with van der Waals surface area (Å²) in [5, 5.41) is 11.9. The molecule has 47 heavy (non-hydrogen) atoms. The van der Waals surface area contributed by atoms with Crippen LogP contribution < -0.4 is 0 Å². The molecule has 4 heterocycles. The molecule has 1 aliphatic heterocycles. The highest BCUT2D eigenvalue weighted by Gasteiger charge is 2.33. The Hall–Kier alpha value is -4.22. The Balaban J connectivity index is 1.50. The molecule has 11 heteroatoms. The molecule has 0 bridgehead atoms. The Bertz CT molecular complexity index is 2060. The lowest BCUT2D eigenvalue weighted by atomic mass is 9.81. The van der Waals surface area contributed by atoms with E-state index in [2.05, 4.69) is 4.98 Å². The van der Waals surface area contributed by atoms with Gasteiger partial charge in [-0.15, -0.1) is 11.3 Å². The summed E-state index contributed by atoms with van der Waals surface area (Å²) in [6.07, 6.45) is 4.52. The number of ether oxygens (including phenoxy) is 1. The number of hydrogen-bond acceptors (Lipinski definition) is 6. The Morgan fingerprint density at radius 3 is 2.43 bits per heavy atom. The van der Waals surface area contributed by atoms with Crippen LogP contribution in [0.5, 0.6) is 0 Å². The molecule has 1 N–H and O–H groups in total. The van der Waals surface area contributed by atoms with Crippen LogP contribution in [-0.4, -0.2) is 62.7 Å². The van der Waals surface area contributed by atoms with E-state index in [0.29, 0.717) is 65.2 Å². The predicted octanol–water partition coefficient (Wildman–Crippen LogP) is 7.79. The summed E-state index contributed by atoms with van der Waals surface area (Å²) < 4.78 is 40.0. The number of carboxylic acid groups (broad SMARTS) is 1. The maximum absolute atomic E-state index is 16.6. The topological polar surface area (TPSA) is 97.5 Å². The van der Waals surface area contributed by atoms with Gasteiger partial charge in [-0.05, 0) is 68.9 Å². The average molecular weight is 659 g/mol. The lowest BCUT2D eigenvalue weighted by molar-refractivity contribution is -0.135. The van der Waals surface area contributed by atoms with Crippen LogP contribution >= 0.6 is 11.3 Å². The minimum Gasteiger partial charge on any atom is -0.478 e. The smallest absolute Gasteiger partial charge is 0.336 e. The van der Waals surface area contributed by atoms with E-state index in [1.54, 1.807) is 22.5 Å². The first-order valence-electron chi connectivity index (χ1n) is 16.1. The van der Waals surface area contributed by atoms with Crippen LogP contribution in [0.15, 0.2) is 30.3 Å². The maximum Gasteiger partial charge on any atom is 0.336 e. The number of thiazole rings is 1. The second kappa shape index (κ2) is 12.4. The largest absolute Gasteiger partial charge is 0.478 e. The summed E-state index contributed by atoms with van der Waals surface area (Å²) in [7, 11) is 0. The molecule has 5 aromatic rings. The third-order valence-electron chi connectivity index (χ3n) is 9.64. The second-order valence-corrected chi connectivity index (χ2v) is 13.8. The van der Waals surface area contributed by atoms with Gasteiger partial charge in [-0.1, -0.05) is 25.3 Å². The van der Waals surface area contributed by atoms with Crippen molar-refractivity contribution in [3.63, 3.8) is 0 Å². The first kappa shape index (κ1) is 31.4. The molecule has 1 saturated carbocycles. The molecule has 1 amide bonds. The number of aromatic carboxylic acids is 1. The number of amides is 1. The zero-order valence-electron chi connectivity index (χ0n) is 26.7. The van der Waals surface area contributed by atoms with Crippen LogP contribution in [0.2, 0.25) is 0 Å². The number of hydrogen-bond donors (Lipinski definition) is 1. The van der Waals surface area contributed by atoms with E-state index in [0.717, 1.165) is 53.7 Å². The number of benzene rings is 2. The normalized spacial score (nSPS) is 16.0. The van der Waals surface area contributed by atoms with Gasteiger partial charge in [-0.25, -0.2) is 23.5 Å². The number of carbonyl (C=O) groups excluding carboxylic acids is 1. The summed E-state index contributed by atoms with van der Waals surface area (Å²) >= 11 is 1.53. The minimum absolute atomic E-state index is 0.0845. The van der Waals surface area contributed by atoms with Crippen molar-refractivity contribution < 1.29 is 28.2 Å². The van der Waals surface area contributed by atoms with Crippen molar-refractivity contribution in [2.45, 2.75) is 65.3 Å². The average Bonchev–Trinajstić information content (AvgIpc) is 3.59. The van der Waals surface area contributed by atoms with Gasteiger partial charge in [0.05, 0.1) is 56.8 Å². The molecule has 2 fully saturated rings. The number of aromatic nitrogens is 3. The first-order valence-corrected chi connectivity index (χ1v) is 16.9. The van der Waals surface area contributed by atoms with E-state index in [1.807, 2.05) is 26.0 Å². The highest BCUT2D eigenvalue weighted by molar-refractivity contribution is 7.15. The molecule has 0 atom stereocenters. The molecule has 2 aromatic carbocycles. The van der Waals surface area contributed by atoms with Crippen molar-refractivity contribution in [1.29, 1.82) is 0 Å². The van der Waals surface area contributed by atoms with Gasteiger partial charge in [0.1, 0.15) is 18.2 Å². The molecule has 0 radical (unpaired) electrons. The van der Waals surface area contributed by atoms with Crippen LogP contribution in [0.4, 0.5) is 8.78 Å². The van der Waals surface area contributed by atoms with E-state index >= 15 is 8.78 Å². The highest BCUT2D eigenvalue weighted by Crippen LogP contribution is 2.47. The fourth-order valence-corrected chi connectivity index (χ4v) is 8.32. The lowest BCUT2D eigenvalue weighted by Gasteiger charge is -2.28. The Morgan fingerprint density at radius 2 is 1.74 bits per heavy atom. The summed E-state index contributed by atoms with van der Waals surface area (Å²) in [6.45, 7) is 6.94. The number of halogens is 2. The minimum atomic E-state index is -1.26. The summed E-state index contributed by atoms with van der Waals surface area (Å²) in [4.78, 5) is 38.0. The Labute approximate surface area is 275 Å². The number of rotatable bonds is 6. The SMILES string of the molecule is Cc1nc(C)c(-c2ccc3cc(-c4c(C5CCCCC5)c5c(F)cc(C(=O)O)c(C)c5n4CC(=O)N4CCOCC4)c(F)cc3n2)s1. The van der Waals surface area contributed by atoms with Crippen molar-refractivity contribution in [3.05, 3.63) is 69.4 Å². The Kier molecular flexibility index (Phi) is 8.30. The van der Waals surface area contributed by atoms with Gasteiger partial charge >= 0.3 is 5.97 Å². The fraction of sp³-hybridized carbons (Fsp3) is 0.389. The van der Waals surface area contributed by atoms with Crippen molar-refractivity contribution in [1.82, 2.24) is 19.4 Å². The monoisotopic (exact) mass is 658 g/mol. The van der Waals surface area contributed by atoms with Crippen molar-refractivity contribution in [2.24, 2.45) is 0 Å². The Morgan fingerprint density at radius 1 is 1.00 bits per heavy atom. The quantitative estimate of drug-likeness (QED) is 0.200. The lowest BCUT2D eigenvalue weighted by Crippen LogP contribution is -2.42. The second-order valence-electron chi connectivity index (χ2n) is 12.6. The number of carboxylic acids is 1. The zero-order chi connectivity index (χ0) is 33.0. The predicted molar refractivity (Wildman–Crippen MR) is 178 cm³/mol. The van der Waals surface area contributed by atoms with Gasteiger partial charge < -0.3 is 19.3 Å². The third kappa shape index (κ3) is 5.59. The van der Waals surface area contributed by atoms with Gasteiger partial charge in [0.25, 0.3) is 0 Å². The summed E-state index contributed by atoms with van der Waals surface area (Å²) in [5.41, 5.74) is 3.83. The van der Waals surface area contributed by atoms with Crippen LogP contribution in [0.25, 0.3) is 43.6 Å². The van der Waals surface area contributed by atoms with Crippen LogP contribution in [0, 0.1) is 32.4 Å². The van der Waals surface area contributed by atoms with E-state index in [-0.39, 0.29) is 34.9 Å². The number of morpholine rings is 1. The molecule has 7 rings (SSSR count). The van der Waals surface area contributed by atoms with Crippen LogP contribution in [-0.2, 0) is 16.1 Å². The van der Waals surface area contributed by atoms with Gasteiger partial charge in [0, 0.05) is 35.5 Å². The molecule has 244 valence electrons. The number of fused-ring (bicyclic) bond motifs is 2. The number of pyridine rings is 1. The summed E-state index contributed by atoms with van der Waals surface area (Å²) in [5.74, 6) is -2.79. The van der Waals surface area contributed by atoms with Gasteiger partial charge in [0.15, 0.2) is 0 Å². The van der Waals surface area contributed by atoms with Crippen molar-refractivity contribution >= 4 is 45.0 Å². The first-order chi connectivity index (χ1) is 22.6. The molecular formula is C36H36F2N4O4S. The molecular weight excluding hydrogens is 622 g/mol. The van der Waals surface area contributed by atoms with Gasteiger partial charge in [-0.2, -0.15) is 0 Å². The fourth-order valence-electron chi connectivity index (χ4n) is 7.43. The van der Waals surface area contributed by atoms with E-state index < -0.39 is 17.6 Å². The molecule has 1 aliphatic carbocycles. The molecule has 0 unspecified atom stereocenters. The van der Waals surface area contributed by atoms with Crippen molar-refractivity contribution in [2.75, 3.05) is 26.3 Å². The van der Waals surface area contributed by atoms with E-state index in [4.69, 9.17) is 9.72 Å². The van der Waals surface area contributed by atoms with Gasteiger partial charge in [0.2, 0.25) is 5.91 Å². The molecule has 8 nitrogen and oxygen atoms in total. The molecule has 0 spiro atoms. The van der Waals surface area contributed by atoms with Gasteiger partial charge in [-0.3, -0.25) is 4.79 Å².